The van der Waals surface area contributed by atoms with Crippen LogP contribution in [0.3, 0.4) is 0 Å². The molecule has 126 valence electrons. The normalized spacial score (nSPS) is 16.0. The highest BCUT2D eigenvalue weighted by Crippen LogP contribution is 2.20. The lowest BCUT2D eigenvalue weighted by Crippen LogP contribution is -2.43. The van der Waals surface area contributed by atoms with Crippen LogP contribution in [0.5, 0.6) is 5.75 Å². The van der Waals surface area contributed by atoms with E-state index >= 15 is 0 Å². The standard InChI is InChI=1S/C19H22BrN3O/c1-15-2-4-16(5-3-15)14-22-8-10-23(11-9-22)21-13-17-12-18(20)6-7-19(17)24/h2-7,12-13,24H,8-11,14H2,1H3. The van der Waals surface area contributed by atoms with E-state index in [-0.39, 0.29) is 5.75 Å². The summed E-state index contributed by atoms with van der Waals surface area (Å²) in [5, 5.41) is 16.4. The first kappa shape index (κ1) is 17.0. The van der Waals surface area contributed by atoms with E-state index in [0.717, 1.165) is 42.8 Å². The van der Waals surface area contributed by atoms with E-state index in [1.54, 1.807) is 12.3 Å². The van der Waals surface area contributed by atoms with Gasteiger partial charge in [0.1, 0.15) is 5.75 Å². The van der Waals surface area contributed by atoms with E-state index in [2.05, 4.69) is 62.1 Å². The molecule has 0 bridgehead atoms. The van der Waals surface area contributed by atoms with E-state index in [1.807, 2.05) is 12.1 Å². The molecule has 1 N–H and O–H groups in total. The second-order valence-corrected chi connectivity index (χ2v) is 7.08. The number of rotatable bonds is 4. The van der Waals surface area contributed by atoms with E-state index in [1.165, 1.54) is 11.1 Å². The number of hydrogen-bond donors (Lipinski definition) is 1. The number of phenolic OH excluding ortho intramolecular Hbond substituents is 1. The number of halogens is 1. The van der Waals surface area contributed by atoms with Crippen molar-refractivity contribution in [1.29, 1.82) is 0 Å². The summed E-state index contributed by atoms with van der Waals surface area (Å²) < 4.78 is 0.935. The molecule has 2 aromatic rings. The van der Waals surface area contributed by atoms with Gasteiger partial charge in [0.25, 0.3) is 0 Å². The van der Waals surface area contributed by atoms with Gasteiger partial charge >= 0.3 is 0 Å². The summed E-state index contributed by atoms with van der Waals surface area (Å²) in [6, 6.07) is 14.1. The summed E-state index contributed by atoms with van der Waals surface area (Å²) in [5.74, 6) is 0.250. The minimum Gasteiger partial charge on any atom is -0.507 e. The first-order valence-corrected chi connectivity index (χ1v) is 8.95. The number of hydrogen-bond acceptors (Lipinski definition) is 4. The summed E-state index contributed by atoms with van der Waals surface area (Å²) in [6.45, 7) is 6.90. The highest BCUT2D eigenvalue weighted by atomic mass is 79.9. The monoisotopic (exact) mass is 387 g/mol. The van der Waals surface area contributed by atoms with Crippen LogP contribution in [0, 0.1) is 6.92 Å². The second-order valence-electron chi connectivity index (χ2n) is 6.16. The zero-order valence-electron chi connectivity index (χ0n) is 13.8. The van der Waals surface area contributed by atoms with E-state index < -0.39 is 0 Å². The SMILES string of the molecule is Cc1ccc(CN2CCN(N=Cc3cc(Br)ccc3O)CC2)cc1. The lowest BCUT2D eigenvalue weighted by Gasteiger charge is -2.33. The number of phenols is 1. The van der Waals surface area contributed by atoms with Crippen LogP contribution in [0.1, 0.15) is 16.7 Å². The lowest BCUT2D eigenvalue weighted by atomic mass is 10.1. The van der Waals surface area contributed by atoms with E-state index in [4.69, 9.17) is 0 Å². The minimum atomic E-state index is 0.250. The van der Waals surface area contributed by atoms with Gasteiger partial charge in [-0.3, -0.25) is 9.91 Å². The van der Waals surface area contributed by atoms with Gasteiger partial charge in [-0.2, -0.15) is 5.10 Å². The van der Waals surface area contributed by atoms with Gasteiger partial charge in [0.15, 0.2) is 0 Å². The molecule has 0 aliphatic carbocycles. The molecule has 24 heavy (non-hydrogen) atoms. The number of benzene rings is 2. The molecule has 4 nitrogen and oxygen atoms in total. The smallest absolute Gasteiger partial charge is 0.124 e. The van der Waals surface area contributed by atoms with Crippen molar-refractivity contribution < 1.29 is 5.11 Å². The Labute approximate surface area is 151 Å². The van der Waals surface area contributed by atoms with Crippen molar-refractivity contribution in [3.8, 4) is 5.75 Å². The molecule has 3 rings (SSSR count). The van der Waals surface area contributed by atoms with Crippen LogP contribution in [0.15, 0.2) is 52.0 Å². The largest absolute Gasteiger partial charge is 0.507 e. The maximum absolute atomic E-state index is 9.85. The summed E-state index contributed by atoms with van der Waals surface area (Å²) >= 11 is 3.41. The molecular weight excluding hydrogens is 366 g/mol. The van der Waals surface area contributed by atoms with Gasteiger partial charge in [-0.1, -0.05) is 45.8 Å². The fourth-order valence-electron chi connectivity index (χ4n) is 2.74. The van der Waals surface area contributed by atoms with Crippen molar-refractivity contribution in [3.05, 3.63) is 63.6 Å². The molecule has 0 saturated carbocycles. The summed E-state index contributed by atoms with van der Waals surface area (Å²) in [6.07, 6.45) is 1.73. The maximum atomic E-state index is 9.85. The Bertz CT molecular complexity index is 707. The maximum Gasteiger partial charge on any atom is 0.124 e. The predicted molar refractivity (Wildman–Crippen MR) is 101 cm³/mol. The van der Waals surface area contributed by atoms with Crippen molar-refractivity contribution in [1.82, 2.24) is 9.91 Å². The molecule has 1 heterocycles. The highest BCUT2D eigenvalue weighted by molar-refractivity contribution is 9.10. The molecule has 2 aromatic carbocycles. The summed E-state index contributed by atoms with van der Waals surface area (Å²) in [7, 11) is 0. The zero-order chi connectivity index (χ0) is 16.9. The predicted octanol–water partition coefficient (Wildman–Crippen LogP) is 3.61. The lowest BCUT2D eigenvalue weighted by molar-refractivity contribution is 0.131. The second kappa shape index (κ2) is 7.81. The van der Waals surface area contributed by atoms with E-state index in [0.29, 0.717) is 0 Å². The zero-order valence-corrected chi connectivity index (χ0v) is 15.4. The molecule has 0 radical (unpaired) electrons. The van der Waals surface area contributed by atoms with Crippen LogP contribution >= 0.6 is 15.9 Å². The van der Waals surface area contributed by atoms with Gasteiger partial charge in [0.05, 0.1) is 6.21 Å². The number of aromatic hydroxyl groups is 1. The number of piperazine rings is 1. The number of nitrogens with zero attached hydrogens (tertiary/aromatic N) is 3. The third-order valence-electron chi connectivity index (χ3n) is 4.23. The molecule has 1 aliphatic rings. The first-order valence-electron chi connectivity index (χ1n) is 8.15. The fraction of sp³-hybridized carbons (Fsp3) is 0.316. The third-order valence-corrected chi connectivity index (χ3v) is 4.72. The molecule has 0 atom stereocenters. The quantitative estimate of drug-likeness (QED) is 0.814. The molecule has 0 amide bonds. The Hall–Kier alpha value is -1.85. The molecule has 0 unspecified atom stereocenters. The molecule has 0 aromatic heterocycles. The average molecular weight is 388 g/mol. The Kier molecular flexibility index (Phi) is 5.53. The van der Waals surface area contributed by atoms with Gasteiger partial charge in [0, 0.05) is 42.8 Å². The Morgan fingerprint density at radius 1 is 1.08 bits per heavy atom. The Morgan fingerprint density at radius 2 is 1.79 bits per heavy atom. The van der Waals surface area contributed by atoms with Crippen LogP contribution in [-0.2, 0) is 6.54 Å². The van der Waals surface area contributed by atoms with Crippen LogP contribution in [0.25, 0.3) is 0 Å². The van der Waals surface area contributed by atoms with E-state index in [9.17, 15) is 5.11 Å². The average Bonchev–Trinajstić information content (AvgIpc) is 2.59. The summed E-state index contributed by atoms with van der Waals surface area (Å²) in [4.78, 5) is 2.45. The van der Waals surface area contributed by atoms with Gasteiger partial charge in [-0.25, -0.2) is 0 Å². The molecule has 1 aliphatic heterocycles. The summed E-state index contributed by atoms with van der Waals surface area (Å²) in [5.41, 5.74) is 3.39. The van der Waals surface area contributed by atoms with Crippen LogP contribution in [-0.4, -0.2) is 47.4 Å². The number of aryl methyl sites for hydroxylation is 1. The molecule has 0 spiro atoms. The van der Waals surface area contributed by atoms with Crippen molar-refractivity contribution in [2.24, 2.45) is 5.10 Å². The number of hydrazone groups is 1. The molecule has 5 heteroatoms. The van der Waals surface area contributed by atoms with Gasteiger partial charge < -0.3 is 5.11 Å². The van der Waals surface area contributed by atoms with Crippen molar-refractivity contribution in [2.75, 3.05) is 26.2 Å². The third kappa shape index (κ3) is 4.58. The van der Waals surface area contributed by atoms with Crippen molar-refractivity contribution >= 4 is 22.1 Å². The van der Waals surface area contributed by atoms with Gasteiger partial charge in [-0.15, -0.1) is 0 Å². The Balaban J connectivity index is 1.52. The molecule has 1 fully saturated rings. The highest BCUT2D eigenvalue weighted by Gasteiger charge is 2.15. The fourth-order valence-corrected chi connectivity index (χ4v) is 3.11. The van der Waals surface area contributed by atoms with Crippen molar-refractivity contribution in [3.63, 3.8) is 0 Å². The molecule has 1 saturated heterocycles. The van der Waals surface area contributed by atoms with Crippen LogP contribution in [0.2, 0.25) is 0 Å². The Morgan fingerprint density at radius 3 is 2.50 bits per heavy atom. The van der Waals surface area contributed by atoms with Gasteiger partial charge in [0.2, 0.25) is 0 Å². The first-order chi connectivity index (χ1) is 11.6. The van der Waals surface area contributed by atoms with Crippen LogP contribution < -0.4 is 0 Å². The van der Waals surface area contributed by atoms with Gasteiger partial charge in [-0.05, 0) is 30.7 Å². The van der Waals surface area contributed by atoms with Crippen molar-refractivity contribution in [2.45, 2.75) is 13.5 Å². The minimum absolute atomic E-state index is 0.250. The topological polar surface area (TPSA) is 39.1 Å². The van der Waals surface area contributed by atoms with Crippen LogP contribution in [0.4, 0.5) is 0 Å². The molecular formula is C19H22BrN3O.